The van der Waals surface area contributed by atoms with Gasteiger partial charge < -0.3 is 24.4 Å². The van der Waals surface area contributed by atoms with Gasteiger partial charge in [-0.3, -0.25) is 4.79 Å². The first-order valence-electron chi connectivity index (χ1n) is 13.0. The smallest absolute Gasteiger partial charge is 0.351 e. The van der Waals surface area contributed by atoms with Gasteiger partial charge in [-0.05, 0) is 92.5 Å². The van der Waals surface area contributed by atoms with E-state index < -0.39 is 17.5 Å². The van der Waals surface area contributed by atoms with Crippen LogP contribution in [0.1, 0.15) is 53.6 Å². The lowest BCUT2D eigenvalue weighted by Crippen LogP contribution is -2.46. The number of esters is 2. The number of hydrogen-bond acceptors (Lipinski definition) is 8. The molecule has 8 nitrogen and oxygen atoms in total. The Balaban J connectivity index is 1.71. The van der Waals surface area contributed by atoms with Crippen LogP contribution in [0.2, 0.25) is 0 Å². The van der Waals surface area contributed by atoms with E-state index >= 15 is 0 Å². The summed E-state index contributed by atoms with van der Waals surface area (Å²) >= 11 is 4.77. The number of thiophene rings is 1. The van der Waals surface area contributed by atoms with Crippen molar-refractivity contribution in [3.63, 3.8) is 0 Å². The Morgan fingerprint density at radius 1 is 1.05 bits per heavy atom. The summed E-state index contributed by atoms with van der Waals surface area (Å²) in [6.07, 6.45) is 1.67. The van der Waals surface area contributed by atoms with Crippen molar-refractivity contribution in [1.29, 1.82) is 0 Å². The highest BCUT2D eigenvalue weighted by Gasteiger charge is 2.30. The van der Waals surface area contributed by atoms with Crippen LogP contribution in [-0.4, -0.2) is 56.3 Å². The predicted molar refractivity (Wildman–Crippen MR) is 159 cm³/mol. The molecule has 1 fully saturated rings. The van der Waals surface area contributed by atoms with E-state index in [0.717, 1.165) is 37.2 Å². The zero-order valence-electron chi connectivity index (χ0n) is 23.0. The van der Waals surface area contributed by atoms with Gasteiger partial charge in [-0.2, -0.15) is 0 Å². The minimum atomic E-state index is -0.666. The van der Waals surface area contributed by atoms with Gasteiger partial charge in [0.15, 0.2) is 17.2 Å². The third-order valence-corrected chi connectivity index (χ3v) is 8.45. The molecule has 2 heterocycles. The van der Waals surface area contributed by atoms with E-state index in [-0.39, 0.29) is 29.2 Å². The number of halogens is 1. The molecule has 3 aromatic rings. The lowest BCUT2D eigenvalue weighted by atomic mass is 10.0. The normalized spacial score (nSPS) is 13.9. The fraction of sp³-hybridized carbons (Fsp3) is 0.367. The van der Waals surface area contributed by atoms with Crippen LogP contribution in [-0.2, 0) is 14.3 Å². The van der Waals surface area contributed by atoms with Gasteiger partial charge in [0.1, 0.15) is 5.60 Å². The summed E-state index contributed by atoms with van der Waals surface area (Å²) in [6.45, 7) is 6.61. The Bertz CT molecular complexity index is 1360. The topological polar surface area (TPSA) is 94.2 Å². The van der Waals surface area contributed by atoms with Crippen LogP contribution >= 0.6 is 27.3 Å². The first kappa shape index (κ1) is 29.8. The molecule has 1 aromatic heterocycles. The minimum Gasteiger partial charge on any atom is -0.479 e. The molecule has 0 radical (unpaired) electrons. The lowest BCUT2D eigenvalue weighted by molar-refractivity contribution is -0.157. The maximum Gasteiger partial charge on any atom is 0.351 e. The summed E-state index contributed by atoms with van der Waals surface area (Å²) in [5, 5.41) is 3.37. The van der Waals surface area contributed by atoms with E-state index in [2.05, 4.69) is 21.2 Å². The number of anilines is 1. The third kappa shape index (κ3) is 7.10. The average Bonchev–Trinajstić information content (AvgIpc) is 3.27. The van der Waals surface area contributed by atoms with Crippen molar-refractivity contribution >= 4 is 50.8 Å². The molecule has 0 bridgehead atoms. The van der Waals surface area contributed by atoms with Gasteiger partial charge in [0.05, 0.1) is 16.5 Å². The van der Waals surface area contributed by atoms with Crippen LogP contribution < -0.4 is 15.0 Å². The summed E-state index contributed by atoms with van der Waals surface area (Å²) in [4.78, 5) is 41.5. The Labute approximate surface area is 246 Å². The van der Waals surface area contributed by atoms with Crippen molar-refractivity contribution in [1.82, 2.24) is 5.32 Å². The first-order chi connectivity index (χ1) is 19.1. The number of nitrogens with one attached hydrogen (secondary N) is 1. The van der Waals surface area contributed by atoms with Crippen LogP contribution in [0.4, 0.5) is 5.69 Å². The monoisotopic (exact) mass is 628 g/mol. The van der Waals surface area contributed by atoms with Crippen LogP contribution in [0.25, 0.3) is 10.4 Å². The van der Waals surface area contributed by atoms with E-state index in [1.54, 1.807) is 20.8 Å². The molecule has 1 aliphatic rings. The highest BCUT2D eigenvalue weighted by molar-refractivity contribution is 9.10. The molecule has 1 aliphatic heterocycles. The SMILES string of the molecule is COC(=O)c1sc(-c2cccc(N(C(=O)c3ccccc3)C3CCNCC3)c2)c(Br)c1OCC(=O)OC(C)(C)C. The summed E-state index contributed by atoms with van der Waals surface area (Å²) in [6, 6.07) is 17.0. The van der Waals surface area contributed by atoms with Crippen LogP contribution in [0.3, 0.4) is 0 Å². The van der Waals surface area contributed by atoms with E-state index in [4.69, 9.17) is 14.2 Å². The van der Waals surface area contributed by atoms with Crippen molar-refractivity contribution in [3.8, 4) is 16.2 Å². The molecule has 2 aromatic carbocycles. The van der Waals surface area contributed by atoms with Gasteiger partial charge in [-0.1, -0.05) is 30.3 Å². The van der Waals surface area contributed by atoms with Crippen LogP contribution in [0, 0.1) is 0 Å². The largest absolute Gasteiger partial charge is 0.479 e. The van der Waals surface area contributed by atoms with Gasteiger partial charge in [0.25, 0.3) is 5.91 Å². The number of ether oxygens (including phenoxy) is 3. The number of amides is 1. The molecule has 1 amide bonds. The fourth-order valence-electron chi connectivity index (χ4n) is 4.52. The quantitative estimate of drug-likeness (QED) is 0.302. The molecule has 4 rings (SSSR count). The highest BCUT2D eigenvalue weighted by Crippen LogP contribution is 2.46. The molecule has 0 unspecified atom stereocenters. The molecular weight excluding hydrogens is 596 g/mol. The molecule has 0 aliphatic carbocycles. The van der Waals surface area contributed by atoms with Crippen molar-refractivity contribution in [2.75, 3.05) is 31.7 Å². The number of benzene rings is 2. The lowest BCUT2D eigenvalue weighted by Gasteiger charge is -2.35. The molecule has 0 atom stereocenters. The van der Waals surface area contributed by atoms with E-state index in [9.17, 15) is 14.4 Å². The van der Waals surface area contributed by atoms with Crippen LogP contribution in [0.15, 0.2) is 59.1 Å². The maximum atomic E-state index is 13.8. The third-order valence-electron chi connectivity index (χ3n) is 6.23. The Morgan fingerprint density at radius 3 is 2.40 bits per heavy atom. The number of methoxy groups -OCH3 is 1. The Hall–Kier alpha value is -3.21. The average molecular weight is 630 g/mol. The summed E-state index contributed by atoms with van der Waals surface area (Å²) in [5.41, 5.74) is 1.50. The van der Waals surface area contributed by atoms with Gasteiger partial charge in [-0.25, -0.2) is 9.59 Å². The first-order valence-corrected chi connectivity index (χ1v) is 14.6. The molecule has 212 valence electrons. The molecule has 1 saturated heterocycles. The minimum absolute atomic E-state index is 0.0364. The summed E-state index contributed by atoms with van der Waals surface area (Å²) < 4.78 is 16.6. The predicted octanol–water partition coefficient (Wildman–Crippen LogP) is 6.08. The Kier molecular flexibility index (Phi) is 9.65. The number of carbonyl (C=O) groups is 3. The number of piperidine rings is 1. The summed E-state index contributed by atoms with van der Waals surface area (Å²) in [7, 11) is 1.29. The molecule has 0 saturated carbocycles. The summed E-state index contributed by atoms with van der Waals surface area (Å²) in [5.74, 6) is -0.991. The van der Waals surface area contributed by atoms with E-state index in [1.165, 1.54) is 18.4 Å². The number of hydrogen-bond donors (Lipinski definition) is 1. The zero-order chi connectivity index (χ0) is 28.9. The van der Waals surface area contributed by atoms with Gasteiger partial charge in [0.2, 0.25) is 0 Å². The molecule has 0 spiro atoms. The molecular formula is C30H33BrN2O6S. The van der Waals surface area contributed by atoms with Crippen LogP contribution in [0.5, 0.6) is 5.75 Å². The number of rotatable bonds is 8. The van der Waals surface area contributed by atoms with Crippen molar-refractivity contribution in [2.45, 2.75) is 45.3 Å². The number of nitrogens with zero attached hydrogens (tertiary/aromatic N) is 1. The Morgan fingerprint density at radius 2 is 1.75 bits per heavy atom. The molecule has 40 heavy (non-hydrogen) atoms. The maximum absolute atomic E-state index is 13.8. The van der Waals surface area contributed by atoms with E-state index in [1.807, 2.05) is 59.5 Å². The standard InChI is InChI=1S/C30H33BrN2O6S/c1-30(2,3)39-23(34)18-38-25-24(31)26(40-27(25)29(36)37-4)20-11-8-12-22(17-20)33(21-13-15-32-16-14-21)28(35)19-9-6-5-7-10-19/h5-12,17,21,32H,13-16,18H2,1-4H3. The number of carbonyl (C=O) groups excluding carboxylic acids is 3. The highest BCUT2D eigenvalue weighted by atomic mass is 79.9. The second-order valence-electron chi connectivity index (χ2n) is 10.3. The van der Waals surface area contributed by atoms with E-state index in [0.29, 0.717) is 14.9 Å². The van der Waals surface area contributed by atoms with Gasteiger partial charge >= 0.3 is 11.9 Å². The molecule has 10 heteroatoms. The van der Waals surface area contributed by atoms with Gasteiger partial charge in [0, 0.05) is 17.3 Å². The van der Waals surface area contributed by atoms with Crippen molar-refractivity contribution < 1.29 is 28.6 Å². The van der Waals surface area contributed by atoms with Crippen molar-refractivity contribution in [3.05, 3.63) is 69.5 Å². The second kappa shape index (κ2) is 13.0. The zero-order valence-corrected chi connectivity index (χ0v) is 25.4. The second-order valence-corrected chi connectivity index (χ2v) is 12.2. The fourth-order valence-corrected chi connectivity index (χ4v) is 6.48. The van der Waals surface area contributed by atoms with Gasteiger partial charge in [-0.15, -0.1) is 11.3 Å². The van der Waals surface area contributed by atoms with Crippen molar-refractivity contribution in [2.24, 2.45) is 0 Å². The molecule has 1 N–H and O–H groups in total.